The van der Waals surface area contributed by atoms with Gasteiger partial charge in [0.25, 0.3) is 11.4 Å². The van der Waals surface area contributed by atoms with Crippen LogP contribution in [0.15, 0.2) is 32.9 Å². The number of piperidine rings is 1. The first-order valence-electron chi connectivity index (χ1n) is 13.1. The minimum absolute atomic E-state index is 0.137. The van der Waals surface area contributed by atoms with Crippen molar-refractivity contribution >= 4 is 57.0 Å². The summed E-state index contributed by atoms with van der Waals surface area (Å²) < 4.78 is 19.1. The lowest BCUT2D eigenvalue weighted by Crippen LogP contribution is -2.51. The molecule has 3 heterocycles. The average Bonchev–Trinajstić information content (AvgIpc) is 3.43. The predicted molar refractivity (Wildman–Crippen MR) is 158 cm³/mol. The highest BCUT2D eigenvalue weighted by molar-refractivity contribution is 7.99. The van der Waals surface area contributed by atoms with Gasteiger partial charge in [-0.15, -0.1) is 5.10 Å². The molecule has 1 aliphatic heterocycles. The second-order valence-corrected chi connectivity index (χ2v) is 15.0. The van der Waals surface area contributed by atoms with Crippen LogP contribution in [-0.4, -0.2) is 47.4 Å². The van der Waals surface area contributed by atoms with E-state index in [9.17, 15) is 9.00 Å². The number of aromatic nitrogens is 4. The number of rotatable bonds is 5. The number of fused-ring (bicyclic) bond motifs is 1. The molecular weight excluding hydrogens is 554 g/mol. The molecule has 1 aromatic carbocycles. The van der Waals surface area contributed by atoms with Gasteiger partial charge in [0.05, 0.1) is 38.9 Å². The molecule has 2 atom stereocenters. The Bertz CT molecular complexity index is 1540. The second-order valence-electron chi connectivity index (χ2n) is 11.5. The maximum atomic E-state index is 13.4. The van der Waals surface area contributed by atoms with Gasteiger partial charge in [0.2, 0.25) is 5.95 Å². The van der Waals surface area contributed by atoms with E-state index in [1.165, 1.54) is 16.4 Å². The Hall–Kier alpha value is -2.39. The highest BCUT2D eigenvalue weighted by Crippen LogP contribution is 2.47. The fourth-order valence-electron chi connectivity index (χ4n) is 5.80. The Morgan fingerprint density at radius 1 is 1.21 bits per heavy atom. The van der Waals surface area contributed by atoms with E-state index in [1.54, 1.807) is 24.9 Å². The number of hydrogen-bond donors (Lipinski definition) is 1. The fourth-order valence-corrected chi connectivity index (χ4v) is 8.03. The first-order chi connectivity index (χ1) is 18.4. The molecule has 39 heavy (non-hydrogen) atoms. The highest BCUT2D eigenvalue weighted by atomic mass is 35.5. The monoisotopic (exact) mass is 587 g/mol. The smallest absolute Gasteiger partial charge is 0.268 e. The van der Waals surface area contributed by atoms with Gasteiger partial charge in [-0.1, -0.05) is 36.4 Å². The van der Waals surface area contributed by atoms with Crippen LogP contribution in [0.5, 0.6) is 0 Å². The number of nitrogens with zero attached hydrogens (tertiary/aromatic N) is 6. The largest absolute Gasteiger partial charge is 0.362 e. The number of benzene rings is 1. The zero-order valence-electron chi connectivity index (χ0n) is 23.0. The molecule has 1 aliphatic carbocycles. The highest BCUT2D eigenvalue weighted by Gasteiger charge is 2.46. The molecule has 5 rings (SSSR count). The molecule has 1 saturated heterocycles. The summed E-state index contributed by atoms with van der Waals surface area (Å²) in [5.74, 6) is 1.02. The Kier molecular flexibility index (Phi) is 7.61. The maximum Gasteiger partial charge on any atom is 0.268 e. The van der Waals surface area contributed by atoms with Crippen molar-refractivity contribution < 1.29 is 4.21 Å². The van der Waals surface area contributed by atoms with Gasteiger partial charge < -0.3 is 9.74 Å². The zero-order valence-corrected chi connectivity index (χ0v) is 25.3. The normalized spacial score (nSPS) is 20.0. The van der Waals surface area contributed by atoms with Crippen molar-refractivity contribution in [3.8, 4) is 0 Å². The molecule has 2 aliphatic rings. The molecule has 12 heteroatoms. The summed E-state index contributed by atoms with van der Waals surface area (Å²) in [6, 6.07) is 3.89. The van der Waals surface area contributed by atoms with Crippen LogP contribution in [0.4, 0.5) is 11.8 Å². The summed E-state index contributed by atoms with van der Waals surface area (Å²) in [6.45, 7) is 15.1. The number of hydrogen-bond acceptors (Lipinski definition) is 6. The average molecular weight is 588 g/mol. The maximum absolute atomic E-state index is 13.4. The van der Waals surface area contributed by atoms with Crippen LogP contribution in [0.25, 0.3) is 15.7 Å². The molecule has 0 amide bonds. The van der Waals surface area contributed by atoms with Crippen LogP contribution in [0.3, 0.4) is 0 Å². The molecule has 1 spiro atoms. The van der Waals surface area contributed by atoms with Crippen LogP contribution in [0.1, 0.15) is 52.9 Å². The standard InChI is InChI=1S/C27H34ClN7O2S2/c1-26(2,3)39(37)32-20-8-7-11-27(20)12-14-35(15-13-27)25-30-16-19(24(36)33(25)5)38-18-10-9-17-21(22(18)28)23(29-4)34(6)31-17/h9-10,16,20,32H,7-8,11-15H2,1-3,5-6H3/t20-,39-/m1/s1. The predicted octanol–water partition coefficient (Wildman–Crippen LogP) is 5.21. The van der Waals surface area contributed by atoms with Gasteiger partial charge in [-0.25, -0.2) is 13.9 Å². The van der Waals surface area contributed by atoms with Crippen molar-refractivity contribution in [3.63, 3.8) is 0 Å². The molecule has 0 radical (unpaired) electrons. The van der Waals surface area contributed by atoms with Crippen molar-refractivity contribution in [3.05, 3.63) is 45.1 Å². The topological polar surface area (TPSA) is 89.4 Å². The molecule has 1 saturated carbocycles. The molecule has 1 N–H and O–H groups in total. The van der Waals surface area contributed by atoms with Gasteiger partial charge in [-0.2, -0.15) is 4.68 Å². The zero-order chi connectivity index (χ0) is 28.1. The third-order valence-electron chi connectivity index (χ3n) is 8.07. The summed E-state index contributed by atoms with van der Waals surface area (Å²) in [7, 11) is 2.39. The summed E-state index contributed by atoms with van der Waals surface area (Å²) in [5, 5.41) is 5.35. The number of aryl methyl sites for hydroxylation is 1. The van der Waals surface area contributed by atoms with Crippen LogP contribution >= 0.6 is 23.4 Å². The quantitative estimate of drug-likeness (QED) is 0.412. The number of halogens is 1. The summed E-state index contributed by atoms with van der Waals surface area (Å²) in [6.07, 6.45) is 6.91. The van der Waals surface area contributed by atoms with Crippen LogP contribution in [0.2, 0.25) is 5.02 Å². The lowest BCUT2D eigenvalue weighted by Gasteiger charge is -2.44. The minimum atomic E-state index is -1.09. The number of nitrogens with one attached hydrogen (secondary N) is 1. The van der Waals surface area contributed by atoms with E-state index < -0.39 is 11.0 Å². The van der Waals surface area contributed by atoms with Crippen molar-refractivity contribution in [2.75, 3.05) is 18.0 Å². The molecule has 2 fully saturated rings. The van der Waals surface area contributed by atoms with E-state index in [-0.39, 0.29) is 21.8 Å². The lowest BCUT2D eigenvalue weighted by molar-refractivity contribution is 0.187. The Morgan fingerprint density at radius 3 is 2.59 bits per heavy atom. The van der Waals surface area contributed by atoms with Crippen molar-refractivity contribution in [1.29, 1.82) is 0 Å². The molecule has 3 aromatic rings. The van der Waals surface area contributed by atoms with E-state index in [0.717, 1.165) is 45.2 Å². The second kappa shape index (κ2) is 10.5. The van der Waals surface area contributed by atoms with Gasteiger partial charge in [0.1, 0.15) is 5.52 Å². The molecule has 2 aromatic heterocycles. The summed E-state index contributed by atoms with van der Waals surface area (Å²) in [4.78, 5) is 25.0. The van der Waals surface area contributed by atoms with E-state index >= 15 is 0 Å². The van der Waals surface area contributed by atoms with Gasteiger partial charge in [0.15, 0.2) is 0 Å². The van der Waals surface area contributed by atoms with E-state index in [0.29, 0.717) is 37.5 Å². The summed E-state index contributed by atoms with van der Waals surface area (Å²) in [5.41, 5.74) is 0.642. The van der Waals surface area contributed by atoms with Crippen LogP contribution < -0.4 is 15.2 Å². The molecule has 208 valence electrons. The van der Waals surface area contributed by atoms with Crippen LogP contribution in [-0.2, 0) is 25.1 Å². The molecular formula is C27H34ClN7O2S2. The van der Waals surface area contributed by atoms with Crippen molar-refractivity contribution in [1.82, 2.24) is 24.1 Å². The van der Waals surface area contributed by atoms with Gasteiger partial charge in [-0.3, -0.25) is 9.36 Å². The van der Waals surface area contributed by atoms with E-state index in [2.05, 4.69) is 19.6 Å². The summed E-state index contributed by atoms with van der Waals surface area (Å²) >= 11 is 7.94. The Labute approximate surface area is 240 Å². The van der Waals surface area contributed by atoms with Gasteiger partial charge in [-0.05, 0) is 64.0 Å². The molecule has 0 bridgehead atoms. The fraction of sp³-hybridized carbons (Fsp3) is 0.556. The molecule has 0 unspecified atom stereocenters. The van der Waals surface area contributed by atoms with E-state index in [1.807, 2.05) is 32.9 Å². The minimum Gasteiger partial charge on any atom is -0.362 e. The Morgan fingerprint density at radius 2 is 1.92 bits per heavy atom. The molecule has 9 nitrogen and oxygen atoms in total. The van der Waals surface area contributed by atoms with Gasteiger partial charge >= 0.3 is 0 Å². The first kappa shape index (κ1) is 28.1. The van der Waals surface area contributed by atoms with Crippen LogP contribution in [0, 0.1) is 12.0 Å². The van der Waals surface area contributed by atoms with E-state index in [4.69, 9.17) is 23.2 Å². The number of anilines is 1. The Balaban J connectivity index is 1.33. The lowest BCUT2D eigenvalue weighted by atomic mass is 9.74. The van der Waals surface area contributed by atoms with Gasteiger partial charge in [0, 0.05) is 36.5 Å². The van der Waals surface area contributed by atoms with Crippen molar-refractivity contribution in [2.45, 2.75) is 73.5 Å². The van der Waals surface area contributed by atoms with Crippen molar-refractivity contribution in [2.24, 2.45) is 19.5 Å². The first-order valence-corrected chi connectivity index (χ1v) is 15.5. The third kappa shape index (κ3) is 5.12. The third-order valence-corrected chi connectivity index (χ3v) is 11.2. The SMILES string of the molecule is [C-]#[N+]c1c2c(Cl)c(Sc3cnc(N4CCC5(CCC[C@H]5N[S@](=O)C(C)(C)C)CC4)n(C)c3=O)ccc2nn1C.